The topological polar surface area (TPSA) is 95.2 Å². The number of carboxylic acids is 1. The van der Waals surface area contributed by atoms with E-state index >= 15 is 0 Å². The van der Waals surface area contributed by atoms with Gasteiger partial charge in [-0.1, -0.05) is 0 Å². The summed E-state index contributed by atoms with van der Waals surface area (Å²) < 4.78 is 4.74. The molecule has 0 aromatic carbocycles. The van der Waals surface area contributed by atoms with E-state index in [0.717, 1.165) is 0 Å². The third-order valence-electron chi connectivity index (χ3n) is 1.95. The summed E-state index contributed by atoms with van der Waals surface area (Å²) in [6.45, 7) is 0.0756. The number of nitriles is 1. The summed E-state index contributed by atoms with van der Waals surface area (Å²) in [4.78, 5) is 14.5. The van der Waals surface area contributed by atoms with Crippen LogP contribution in [0.2, 0.25) is 0 Å². The van der Waals surface area contributed by atoms with E-state index in [0.29, 0.717) is 5.69 Å². The quantitative estimate of drug-likeness (QED) is 0.750. The number of rotatable bonds is 5. The number of anilines is 1. The van der Waals surface area contributed by atoms with Crippen LogP contribution in [0.25, 0.3) is 0 Å². The minimum absolute atomic E-state index is 0.0756. The first kappa shape index (κ1) is 11.9. The molecule has 0 aliphatic heterocycles. The van der Waals surface area contributed by atoms with Gasteiger partial charge in [0.1, 0.15) is 6.07 Å². The Kier molecular flexibility index (Phi) is 4.24. The van der Waals surface area contributed by atoms with Gasteiger partial charge in [-0.3, -0.25) is 0 Å². The van der Waals surface area contributed by atoms with Crippen LogP contribution < -0.4 is 5.32 Å². The number of nitrogens with zero attached hydrogens (tertiary/aromatic N) is 2. The van der Waals surface area contributed by atoms with Gasteiger partial charge in [0.15, 0.2) is 11.8 Å². The van der Waals surface area contributed by atoms with Crippen molar-refractivity contribution in [3.05, 3.63) is 24.0 Å². The van der Waals surface area contributed by atoms with E-state index in [9.17, 15) is 4.79 Å². The molecule has 1 atom stereocenters. The molecular formula is C10H11N3O3. The fourth-order valence-electron chi connectivity index (χ4n) is 1.11. The molecule has 84 valence electrons. The van der Waals surface area contributed by atoms with Crippen molar-refractivity contribution in [1.29, 1.82) is 5.26 Å². The van der Waals surface area contributed by atoms with Crippen molar-refractivity contribution in [2.24, 2.45) is 0 Å². The van der Waals surface area contributed by atoms with Crippen molar-refractivity contribution in [2.45, 2.75) is 6.10 Å². The summed E-state index contributed by atoms with van der Waals surface area (Å²) in [6.07, 6.45) is 0.543. The normalized spacial score (nSPS) is 11.5. The van der Waals surface area contributed by atoms with Crippen LogP contribution >= 0.6 is 0 Å². The Morgan fingerprint density at radius 2 is 2.56 bits per heavy atom. The van der Waals surface area contributed by atoms with Gasteiger partial charge >= 0.3 is 5.97 Å². The minimum atomic E-state index is -1.06. The lowest BCUT2D eigenvalue weighted by Gasteiger charge is -2.12. The Morgan fingerprint density at radius 3 is 3.12 bits per heavy atom. The molecule has 0 aliphatic rings. The fourth-order valence-corrected chi connectivity index (χ4v) is 1.11. The molecule has 0 fully saturated rings. The largest absolute Gasteiger partial charge is 0.479 e. The summed E-state index contributed by atoms with van der Waals surface area (Å²) in [5.74, 6) is -1.06. The van der Waals surface area contributed by atoms with Gasteiger partial charge in [-0.25, -0.2) is 9.78 Å². The van der Waals surface area contributed by atoms with Gasteiger partial charge in [0.05, 0.1) is 12.2 Å². The number of aromatic nitrogens is 1. The highest BCUT2D eigenvalue weighted by molar-refractivity contribution is 5.73. The number of aliphatic carboxylic acids is 1. The lowest BCUT2D eigenvalue weighted by Crippen LogP contribution is -2.30. The van der Waals surface area contributed by atoms with Crippen LogP contribution in [0.15, 0.2) is 18.3 Å². The third-order valence-corrected chi connectivity index (χ3v) is 1.95. The highest BCUT2D eigenvalue weighted by Crippen LogP contribution is 2.10. The van der Waals surface area contributed by atoms with Gasteiger partial charge in [0.25, 0.3) is 0 Å². The van der Waals surface area contributed by atoms with Crippen LogP contribution in [0.5, 0.6) is 0 Å². The first-order valence-corrected chi connectivity index (χ1v) is 4.53. The maximum absolute atomic E-state index is 10.7. The van der Waals surface area contributed by atoms with E-state index in [1.165, 1.54) is 13.3 Å². The maximum atomic E-state index is 10.7. The second kappa shape index (κ2) is 5.68. The third kappa shape index (κ3) is 2.93. The molecule has 2 N–H and O–H groups in total. The zero-order valence-electron chi connectivity index (χ0n) is 8.67. The van der Waals surface area contributed by atoms with Crippen molar-refractivity contribution in [3.8, 4) is 6.07 Å². The van der Waals surface area contributed by atoms with Gasteiger partial charge in [0, 0.05) is 13.3 Å². The zero-order valence-corrected chi connectivity index (χ0v) is 8.67. The van der Waals surface area contributed by atoms with E-state index < -0.39 is 12.1 Å². The van der Waals surface area contributed by atoms with E-state index in [1.54, 1.807) is 12.1 Å². The van der Waals surface area contributed by atoms with Gasteiger partial charge < -0.3 is 15.2 Å². The van der Waals surface area contributed by atoms with E-state index in [4.69, 9.17) is 15.1 Å². The molecule has 1 aromatic rings. The van der Waals surface area contributed by atoms with Crippen molar-refractivity contribution in [3.63, 3.8) is 0 Å². The van der Waals surface area contributed by atoms with E-state index in [2.05, 4.69) is 10.3 Å². The number of hydrogen-bond donors (Lipinski definition) is 2. The second-order valence-corrected chi connectivity index (χ2v) is 2.95. The molecule has 16 heavy (non-hydrogen) atoms. The van der Waals surface area contributed by atoms with Gasteiger partial charge in [-0.05, 0) is 12.1 Å². The highest BCUT2D eigenvalue weighted by atomic mass is 16.5. The average molecular weight is 221 g/mol. The van der Waals surface area contributed by atoms with Crippen LogP contribution in [0.1, 0.15) is 5.69 Å². The lowest BCUT2D eigenvalue weighted by molar-refractivity contribution is -0.147. The number of hydrogen-bond acceptors (Lipinski definition) is 5. The van der Waals surface area contributed by atoms with Crippen LogP contribution in [-0.4, -0.2) is 35.8 Å². The Morgan fingerprint density at radius 1 is 1.81 bits per heavy atom. The molecule has 0 saturated carbocycles. The molecular weight excluding hydrogens is 210 g/mol. The molecule has 1 aromatic heterocycles. The fraction of sp³-hybridized carbons (Fsp3) is 0.300. The summed E-state index contributed by atoms with van der Waals surface area (Å²) in [6, 6.07) is 5.22. The van der Waals surface area contributed by atoms with Crippen molar-refractivity contribution in [1.82, 2.24) is 4.98 Å². The Labute approximate surface area is 92.5 Å². The number of ether oxygens (including phenoxy) is 1. The number of carboxylic acid groups (broad SMARTS) is 1. The second-order valence-electron chi connectivity index (χ2n) is 2.95. The standard InChI is InChI=1S/C10H11N3O3/c1-16-9(10(14)15)6-13-7-3-2-4-12-8(7)5-11/h2-4,9,13H,6H2,1H3,(H,14,15). The van der Waals surface area contributed by atoms with Crippen LogP contribution in [-0.2, 0) is 9.53 Å². The first-order chi connectivity index (χ1) is 7.69. The van der Waals surface area contributed by atoms with Crippen LogP contribution in [0, 0.1) is 11.3 Å². The van der Waals surface area contributed by atoms with E-state index in [-0.39, 0.29) is 12.2 Å². The molecule has 6 nitrogen and oxygen atoms in total. The predicted molar refractivity (Wildman–Crippen MR) is 55.9 cm³/mol. The molecule has 0 bridgehead atoms. The zero-order chi connectivity index (χ0) is 12.0. The molecule has 0 spiro atoms. The molecule has 6 heteroatoms. The first-order valence-electron chi connectivity index (χ1n) is 4.53. The van der Waals surface area contributed by atoms with Crippen LogP contribution in [0.4, 0.5) is 5.69 Å². The number of methoxy groups -OCH3 is 1. The molecule has 0 aliphatic carbocycles. The van der Waals surface area contributed by atoms with Gasteiger partial charge in [-0.15, -0.1) is 0 Å². The monoisotopic (exact) mass is 221 g/mol. The molecule has 0 radical (unpaired) electrons. The predicted octanol–water partition coefficient (Wildman–Crippen LogP) is 0.465. The number of carbonyl (C=O) groups is 1. The van der Waals surface area contributed by atoms with E-state index in [1.807, 2.05) is 6.07 Å². The molecule has 0 amide bonds. The maximum Gasteiger partial charge on any atom is 0.334 e. The molecule has 1 rings (SSSR count). The molecule has 0 saturated heterocycles. The Bertz CT molecular complexity index is 414. The van der Waals surface area contributed by atoms with Crippen molar-refractivity contribution in [2.75, 3.05) is 19.0 Å². The van der Waals surface area contributed by atoms with Gasteiger partial charge in [-0.2, -0.15) is 5.26 Å². The van der Waals surface area contributed by atoms with Gasteiger partial charge in [0.2, 0.25) is 0 Å². The smallest absolute Gasteiger partial charge is 0.334 e. The molecule has 1 unspecified atom stereocenters. The summed E-state index contributed by atoms with van der Waals surface area (Å²) in [7, 11) is 1.31. The minimum Gasteiger partial charge on any atom is -0.479 e. The molecule has 1 heterocycles. The average Bonchev–Trinajstić information content (AvgIpc) is 2.30. The Balaban J connectivity index is 2.67. The lowest BCUT2D eigenvalue weighted by atomic mass is 10.3. The SMILES string of the molecule is COC(CNc1cccnc1C#N)C(=O)O. The summed E-state index contributed by atoms with van der Waals surface area (Å²) in [5.41, 5.74) is 0.719. The van der Waals surface area contributed by atoms with Crippen molar-refractivity contribution >= 4 is 11.7 Å². The Hall–Kier alpha value is -2.13. The van der Waals surface area contributed by atoms with Crippen molar-refractivity contribution < 1.29 is 14.6 Å². The summed E-state index contributed by atoms with van der Waals surface area (Å²) >= 11 is 0. The van der Waals surface area contributed by atoms with Crippen LogP contribution in [0.3, 0.4) is 0 Å². The summed E-state index contributed by atoms with van der Waals surface area (Å²) in [5, 5.41) is 20.3. The number of pyridine rings is 1. The highest BCUT2D eigenvalue weighted by Gasteiger charge is 2.16. The number of nitrogens with one attached hydrogen (secondary N) is 1.